The molecule has 1 rings (SSSR count). The van der Waals surface area contributed by atoms with E-state index in [0.29, 0.717) is 0 Å². The molecular weight excluding hydrogens is 156 g/mol. The summed E-state index contributed by atoms with van der Waals surface area (Å²) in [5, 5.41) is 0. The van der Waals surface area contributed by atoms with Crippen molar-refractivity contribution in [1.29, 1.82) is 0 Å². The van der Waals surface area contributed by atoms with Gasteiger partial charge in [0.25, 0.3) is 0 Å². The van der Waals surface area contributed by atoms with Gasteiger partial charge in [-0.3, -0.25) is 0 Å². The Morgan fingerprint density at radius 3 is 2.31 bits per heavy atom. The molecule has 13 heavy (non-hydrogen) atoms. The van der Waals surface area contributed by atoms with Crippen molar-refractivity contribution in [1.82, 2.24) is 0 Å². The molecule has 1 aliphatic carbocycles. The van der Waals surface area contributed by atoms with Crippen molar-refractivity contribution in [2.75, 3.05) is 0 Å². The maximum Gasteiger partial charge on any atom is -0.0360 e. The van der Waals surface area contributed by atoms with Gasteiger partial charge in [0.15, 0.2) is 0 Å². The minimum atomic E-state index is 0.968. The van der Waals surface area contributed by atoms with Crippen LogP contribution in [0.25, 0.3) is 0 Å². The smallest absolute Gasteiger partial charge is 0.0360 e. The van der Waals surface area contributed by atoms with Gasteiger partial charge in [-0.2, -0.15) is 0 Å². The van der Waals surface area contributed by atoms with E-state index in [0.717, 1.165) is 23.7 Å². The Bertz CT molecular complexity index is 139. The Kier molecular flexibility index (Phi) is 4.28. The molecule has 0 spiro atoms. The topological polar surface area (TPSA) is 0 Å². The first kappa shape index (κ1) is 11.1. The van der Waals surface area contributed by atoms with E-state index in [-0.39, 0.29) is 0 Å². The van der Waals surface area contributed by atoms with Crippen molar-refractivity contribution >= 4 is 0 Å². The second-order valence-electron chi connectivity index (χ2n) is 5.03. The fraction of sp³-hybridized carbons (Fsp3) is 1.00. The van der Waals surface area contributed by atoms with Gasteiger partial charge in [0.05, 0.1) is 0 Å². The molecular formula is C13H26. The van der Waals surface area contributed by atoms with E-state index in [1.165, 1.54) is 32.1 Å². The van der Waals surface area contributed by atoms with E-state index in [9.17, 15) is 0 Å². The van der Waals surface area contributed by atoms with Crippen LogP contribution >= 0.6 is 0 Å². The van der Waals surface area contributed by atoms with Gasteiger partial charge in [-0.25, -0.2) is 0 Å². The summed E-state index contributed by atoms with van der Waals surface area (Å²) < 4.78 is 0. The summed E-state index contributed by atoms with van der Waals surface area (Å²) in [6, 6.07) is 0. The number of hydrogen-bond donors (Lipinski definition) is 0. The highest BCUT2D eigenvalue weighted by molar-refractivity contribution is 4.82. The second kappa shape index (κ2) is 5.02. The van der Waals surface area contributed by atoms with E-state index in [2.05, 4.69) is 27.7 Å². The first-order valence-electron chi connectivity index (χ1n) is 6.20. The number of hydrogen-bond acceptors (Lipinski definition) is 0. The van der Waals surface area contributed by atoms with Crippen LogP contribution < -0.4 is 0 Å². The second-order valence-corrected chi connectivity index (χ2v) is 5.03. The van der Waals surface area contributed by atoms with E-state index in [4.69, 9.17) is 0 Å². The monoisotopic (exact) mass is 182 g/mol. The van der Waals surface area contributed by atoms with Crippen LogP contribution in [-0.2, 0) is 0 Å². The fourth-order valence-corrected chi connectivity index (χ4v) is 3.24. The van der Waals surface area contributed by atoms with Gasteiger partial charge in [0.1, 0.15) is 0 Å². The van der Waals surface area contributed by atoms with Crippen LogP contribution in [0, 0.1) is 23.7 Å². The van der Waals surface area contributed by atoms with Crippen LogP contribution in [-0.4, -0.2) is 0 Å². The molecule has 1 fully saturated rings. The molecule has 0 radical (unpaired) electrons. The van der Waals surface area contributed by atoms with Gasteiger partial charge >= 0.3 is 0 Å². The first-order valence-corrected chi connectivity index (χ1v) is 6.20. The Morgan fingerprint density at radius 1 is 1.08 bits per heavy atom. The molecule has 0 heterocycles. The Labute approximate surface area is 84.1 Å². The van der Waals surface area contributed by atoms with E-state index >= 15 is 0 Å². The molecule has 0 saturated heterocycles. The Balaban J connectivity index is 2.55. The van der Waals surface area contributed by atoms with Crippen molar-refractivity contribution in [3.63, 3.8) is 0 Å². The van der Waals surface area contributed by atoms with Gasteiger partial charge in [0.2, 0.25) is 0 Å². The average molecular weight is 182 g/mol. The van der Waals surface area contributed by atoms with E-state index in [1.807, 2.05) is 0 Å². The molecule has 1 aliphatic rings. The Morgan fingerprint density at radius 2 is 1.77 bits per heavy atom. The SMILES string of the molecule is CCCC1CCC(C)C(C)C1CC. The minimum Gasteiger partial charge on any atom is -0.0654 e. The zero-order chi connectivity index (χ0) is 9.84. The van der Waals surface area contributed by atoms with Gasteiger partial charge in [-0.05, 0) is 30.1 Å². The molecule has 4 atom stereocenters. The lowest BCUT2D eigenvalue weighted by Crippen LogP contribution is -2.31. The fourth-order valence-electron chi connectivity index (χ4n) is 3.24. The van der Waals surface area contributed by atoms with Crippen LogP contribution in [0.2, 0.25) is 0 Å². The van der Waals surface area contributed by atoms with Crippen molar-refractivity contribution in [2.24, 2.45) is 23.7 Å². The van der Waals surface area contributed by atoms with Crippen molar-refractivity contribution in [3.8, 4) is 0 Å². The lowest BCUT2D eigenvalue weighted by Gasteiger charge is -2.40. The van der Waals surface area contributed by atoms with Gasteiger partial charge in [-0.1, -0.05) is 53.4 Å². The molecule has 0 N–H and O–H groups in total. The molecule has 78 valence electrons. The van der Waals surface area contributed by atoms with Crippen molar-refractivity contribution in [3.05, 3.63) is 0 Å². The van der Waals surface area contributed by atoms with Gasteiger partial charge in [-0.15, -0.1) is 0 Å². The molecule has 4 unspecified atom stereocenters. The summed E-state index contributed by atoms with van der Waals surface area (Å²) in [5.41, 5.74) is 0. The maximum atomic E-state index is 2.47. The van der Waals surface area contributed by atoms with E-state index < -0.39 is 0 Å². The number of rotatable bonds is 3. The highest BCUT2D eigenvalue weighted by atomic mass is 14.4. The normalized spacial score (nSPS) is 40.6. The van der Waals surface area contributed by atoms with Crippen LogP contribution in [0.5, 0.6) is 0 Å². The Hall–Kier alpha value is 0. The minimum absolute atomic E-state index is 0.968. The zero-order valence-corrected chi connectivity index (χ0v) is 9.84. The predicted molar refractivity (Wildman–Crippen MR) is 59.7 cm³/mol. The quantitative estimate of drug-likeness (QED) is 0.603. The summed E-state index contributed by atoms with van der Waals surface area (Å²) in [4.78, 5) is 0. The highest BCUT2D eigenvalue weighted by Crippen LogP contribution is 2.42. The lowest BCUT2D eigenvalue weighted by atomic mass is 9.66. The van der Waals surface area contributed by atoms with Crippen LogP contribution in [0.4, 0.5) is 0 Å². The largest absolute Gasteiger partial charge is 0.0654 e. The van der Waals surface area contributed by atoms with E-state index in [1.54, 1.807) is 0 Å². The first-order chi connectivity index (χ1) is 6.20. The summed E-state index contributed by atoms with van der Waals surface area (Å²) in [5.74, 6) is 4.00. The maximum absolute atomic E-state index is 2.47. The van der Waals surface area contributed by atoms with Crippen LogP contribution in [0.15, 0.2) is 0 Å². The summed E-state index contributed by atoms with van der Waals surface area (Å²) in [6.45, 7) is 9.62. The summed E-state index contributed by atoms with van der Waals surface area (Å²) in [7, 11) is 0. The predicted octanol–water partition coefficient (Wildman–Crippen LogP) is 4.49. The standard InChI is InChI=1S/C13H26/c1-5-7-12-9-8-10(3)11(4)13(12)6-2/h10-13H,5-9H2,1-4H3. The molecule has 0 nitrogen and oxygen atoms in total. The molecule has 1 saturated carbocycles. The molecule has 0 bridgehead atoms. The van der Waals surface area contributed by atoms with Gasteiger partial charge in [0, 0.05) is 0 Å². The zero-order valence-electron chi connectivity index (χ0n) is 9.84. The average Bonchev–Trinajstić information content (AvgIpc) is 2.12. The third kappa shape index (κ3) is 2.48. The molecule has 0 aromatic carbocycles. The highest BCUT2D eigenvalue weighted by Gasteiger charge is 2.32. The summed E-state index contributed by atoms with van der Waals surface area (Å²) >= 11 is 0. The summed E-state index contributed by atoms with van der Waals surface area (Å²) in [6.07, 6.45) is 7.22. The van der Waals surface area contributed by atoms with Crippen molar-refractivity contribution in [2.45, 2.75) is 59.8 Å². The molecule has 0 aromatic rings. The van der Waals surface area contributed by atoms with Gasteiger partial charge < -0.3 is 0 Å². The molecule has 0 aliphatic heterocycles. The van der Waals surface area contributed by atoms with Crippen LogP contribution in [0.1, 0.15) is 59.8 Å². The van der Waals surface area contributed by atoms with Crippen molar-refractivity contribution < 1.29 is 0 Å². The molecule has 0 aromatic heterocycles. The third-order valence-electron chi connectivity index (χ3n) is 4.30. The third-order valence-corrected chi connectivity index (χ3v) is 4.30. The van der Waals surface area contributed by atoms with Crippen LogP contribution in [0.3, 0.4) is 0 Å². The lowest BCUT2D eigenvalue weighted by molar-refractivity contribution is 0.101. The molecule has 0 heteroatoms. The molecule has 0 amide bonds.